The topological polar surface area (TPSA) is 47.6 Å². The number of nitrogens with one attached hydrogen (secondary N) is 1. The Morgan fingerprint density at radius 3 is 2.76 bits per heavy atom. The van der Waals surface area contributed by atoms with Gasteiger partial charge >= 0.3 is 0 Å². The Labute approximate surface area is 152 Å². The molecule has 4 heteroatoms. The van der Waals surface area contributed by atoms with E-state index in [1.165, 1.54) is 22.3 Å². The van der Waals surface area contributed by atoms with Crippen LogP contribution in [0.4, 0.5) is 0 Å². The monoisotopic (exact) mass is 347 g/mol. The smallest absolute Gasteiger partial charge is 0.223 e. The molecule has 0 bridgehead atoms. The molecule has 1 aliphatic carbocycles. The normalized spacial score (nSPS) is 17.7. The molecule has 1 aromatic carbocycles. The highest BCUT2D eigenvalue weighted by atomic mass is 16.5. The number of aryl methyl sites for hydroxylation is 1. The Hall–Kier alpha value is -1.55. The van der Waals surface area contributed by atoms with Crippen molar-refractivity contribution in [1.82, 2.24) is 5.32 Å². The number of amides is 1. The molecule has 1 amide bonds. The maximum atomic E-state index is 12.4. The third-order valence-corrected chi connectivity index (χ3v) is 5.43. The molecule has 0 fully saturated rings. The van der Waals surface area contributed by atoms with Crippen molar-refractivity contribution >= 4 is 5.91 Å². The van der Waals surface area contributed by atoms with Gasteiger partial charge in [-0.05, 0) is 73.8 Å². The number of hydrogen-bond acceptors (Lipinski definition) is 3. The zero-order valence-corrected chi connectivity index (χ0v) is 16.4. The van der Waals surface area contributed by atoms with Gasteiger partial charge < -0.3 is 14.8 Å². The first-order valence-electron chi connectivity index (χ1n) is 9.50. The fraction of sp³-hybridized carbons (Fsp3) is 0.667. The van der Waals surface area contributed by atoms with E-state index in [4.69, 9.17) is 9.47 Å². The summed E-state index contributed by atoms with van der Waals surface area (Å²) in [4.78, 5) is 12.4. The van der Waals surface area contributed by atoms with Crippen molar-refractivity contribution in [2.75, 3.05) is 26.9 Å². The molecule has 0 spiro atoms. The molecule has 0 saturated carbocycles. The van der Waals surface area contributed by atoms with E-state index in [1.807, 2.05) is 0 Å². The van der Waals surface area contributed by atoms with E-state index >= 15 is 0 Å². The molecule has 1 N–H and O–H groups in total. The zero-order chi connectivity index (χ0) is 18.4. The minimum absolute atomic E-state index is 0.0185. The average Bonchev–Trinajstić information content (AvgIpc) is 2.62. The number of rotatable bonds is 8. The number of carbonyl (C=O) groups is 1. The molecule has 0 heterocycles. The van der Waals surface area contributed by atoms with Crippen LogP contribution in [0.5, 0.6) is 5.75 Å². The van der Waals surface area contributed by atoms with Crippen molar-refractivity contribution in [3.8, 4) is 5.75 Å². The van der Waals surface area contributed by atoms with Crippen molar-refractivity contribution in [3.05, 3.63) is 28.3 Å². The Kier molecular flexibility index (Phi) is 7.30. The molecule has 140 valence electrons. The van der Waals surface area contributed by atoms with Crippen LogP contribution in [0, 0.1) is 25.7 Å². The van der Waals surface area contributed by atoms with E-state index in [-0.39, 0.29) is 11.8 Å². The van der Waals surface area contributed by atoms with Crippen molar-refractivity contribution < 1.29 is 14.3 Å². The van der Waals surface area contributed by atoms with Gasteiger partial charge in [-0.2, -0.15) is 0 Å². The van der Waals surface area contributed by atoms with Gasteiger partial charge in [-0.15, -0.1) is 0 Å². The minimum atomic E-state index is 0.0185. The lowest BCUT2D eigenvalue weighted by atomic mass is 9.74. The fourth-order valence-electron chi connectivity index (χ4n) is 3.76. The number of carbonyl (C=O) groups excluding carboxylic acids is 1. The largest absolute Gasteiger partial charge is 0.493 e. The molecule has 1 aliphatic rings. The van der Waals surface area contributed by atoms with Gasteiger partial charge in [0.1, 0.15) is 5.75 Å². The van der Waals surface area contributed by atoms with Crippen LogP contribution in [-0.2, 0) is 22.4 Å². The molecule has 0 radical (unpaired) electrons. The van der Waals surface area contributed by atoms with Gasteiger partial charge in [-0.3, -0.25) is 4.79 Å². The summed E-state index contributed by atoms with van der Waals surface area (Å²) in [5, 5.41) is 2.98. The Morgan fingerprint density at radius 1 is 1.32 bits per heavy atom. The van der Waals surface area contributed by atoms with Gasteiger partial charge in [0.05, 0.1) is 13.2 Å². The number of fused-ring (bicyclic) bond motifs is 1. The SMILES string of the molecule is CCCOc1cc(C)c2c(c1C)C[C@H]([C@H](C)C(=O)NCCOC)CC2. The number of ether oxygens (including phenoxy) is 2. The fourth-order valence-corrected chi connectivity index (χ4v) is 3.76. The van der Waals surface area contributed by atoms with E-state index < -0.39 is 0 Å². The van der Waals surface area contributed by atoms with Gasteiger partial charge in [-0.25, -0.2) is 0 Å². The third-order valence-electron chi connectivity index (χ3n) is 5.43. The Balaban J connectivity index is 2.13. The van der Waals surface area contributed by atoms with Gasteiger partial charge in [-0.1, -0.05) is 13.8 Å². The summed E-state index contributed by atoms with van der Waals surface area (Å²) in [5.74, 6) is 1.55. The molecule has 25 heavy (non-hydrogen) atoms. The second-order valence-corrected chi connectivity index (χ2v) is 7.20. The van der Waals surface area contributed by atoms with Crippen molar-refractivity contribution in [2.45, 2.75) is 53.4 Å². The van der Waals surface area contributed by atoms with Crippen molar-refractivity contribution in [1.29, 1.82) is 0 Å². The molecule has 0 saturated heterocycles. The number of methoxy groups -OCH3 is 1. The molecule has 4 nitrogen and oxygen atoms in total. The minimum Gasteiger partial charge on any atom is -0.493 e. The summed E-state index contributed by atoms with van der Waals surface area (Å²) < 4.78 is 11.0. The van der Waals surface area contributed by atoms with E-state index in [0.29, 0.717) is 19.1 Å². The van der Waals surface area contributed by atoms with E-state index in [0.717, 1.165) is 38.0 Å². The first-order chi connectivity index (χ1) is 12.0. The molecular formula is C21H33NO3. The zero-order valence-electron chi connectivity index (χ0n) is 16.4. The summed E-state index contributed by atoms with van der Waals surface area (Å²) in [5.41, 5.74) is 5.44. The standard InChI is InChI=1S/C21H33NO3/c1-6-10-25-20-12-14(2)18-8-7-17(13-19(18)16(20)4)15(3)21(23)22-9-11-24-5/h12,15,17H,6-11,13H2,1-5H3,(H,22,23)/t15-,17+/m0/s1. The Bertz CT molecular complexity index is 597. The van der Waals surface area contributed by atoms with Crippen LogP contribution in [0.1, 0.15) is 48.9 Å². The van der Waals surface area contributed by atoms with Crippen LogP contribution in [-0.4, -0.2) is 32.8 Å². The van der Waals surface area contributed by atoms with Crippen LogP contribution in [0.15, 0.2) is 6.07 Å². The first-order valence-corrected chi connectivity index (χ1v) is 9.50. The lowest BCUT2D eigenvalue weighted by molar-refractivity contribution is -0.126. The third kappa shape index (κ3) is 4.75. The van der Waals surface area contributed by atoms with E-state index in [1.54, 1.807) is 7.11 Å². The van der Waals surface area contributed by atoms with E-state index in [2.05, 4.69) is 39.1 Å². The molecule has 0 aromatic heterocycles. The van der Waals surface area contributed by atoms with Crippen LogP contribution < -0.4 is 10.1 Å². The molecule has 1 aromatic rings. The van der Waals surface area contributed by atoms with E-state index in [9.17, 15) is 4.79 Å². The Morgan fingerprint density at radius 2 is 2.08 bits per heavy atom. The molecule has 0 unspecified atom stereocenters. The van der Waals surface area contributed by atoms with Gasteiger partial charge in [0.25, 0.3) is 0 Å². The number of benzene rings is 1. The highest BCUT2D eigenvalue weighted by molar-refractivity contribution is 5.78. The summed E-state index contributed by atoms with van der Waals surface area (Å²) >= 11 is 0. The van der Waals surface area contributed by atoms with Gasteiger partial charge in [0.2, 0.25) is 5.91 Å². The second-order valence-electron chi connectivity index (χ2n) is 7.20. The molecule has 0 aliphatic heterocycles. The molecule has 2 rings (SSSR count). The van der Waals surface area contributed by atoms with Crippen LogP contribution in [0.25, 0.3) is 0 Å². The lowest BCUT2D eigenvalue weighted by Gasteiger charge is -2.31. The first kappa shape index (κ1) is 19.8. The lowest BCUT2D eigenvalue weighted by Crippen LogP contribution is -2.37. The van der Waals surface area contributed by atoms with Crippen LogP contribution in [0.2, 0.25) is 0 Å². The summed E-state index contributed by atoms with van der Waals surface area (Å²) in [6, 6.07) is 2.19. The predicted molar refractivity (Wildman–Crippen MR) is 101 cm³/mol. The molecular weight excluding hydrogens is 314 g/mol. The highest BCUT2D eigenvalue weighted by Crippen LogP contribution is 2.37. The maximum Gasteiger partial charge on any atom is 0.223 e. The maximum absolute atomic E-state index is 12.4. The second kappa shape index (κ2) is 9.23. The van der Waals surface area contributed by atoms with Gasteiger partial charge in [0, 0.05) is 19.6 Å². The van der Waals surface area contributed by atoms with Crippen molar-refractivity contribution in [3.63, 3.8) is 0 Å². The summed E-state index contributed by atoms with van der Waals surface area (Å²) in [6.07, 6.45) is 4.10. The number of hydrogen-bond donors (Lipinski definition) is 1. The van der Waals surface area contributed by atoms with Gasteiger partial charge in [0.15, 0.2) is 0 Å². The van der Waals surface area contributed by atoms with Crippen LogP contribution >= 0.6 is 0 Å². The highest BCUT2D eigenvalue weighted by Gasteiger charge is 2.30. The summed E-state index contributed by atoms with van der Waals surface area (Å²) in [7, 11) is 1.65. The predicted octanol–water partition coefficient (Wildman–Crippen LogP) is 3.60. The van der Waals surface area contributed by atoms with Crippen molar-refractivity contribution in [2.24, 2.45) is 11.8 Å². The quantitative estimate of drug-likeness (QED) is 0.731. The average molecular weight is 347 g/mol. The van der Waals surface area contributed by atoms with Crippen LogP contribution in [0.3, 0.4) is 0 Å². The molecule has 2 atom stereocenters. The summed E-state index contributed by atoms with van der Waals surface area (Å²) in [6.45, 7) is 10.4.